The molecule has 10 heteroatoms. The van der Waals surface area contributed by atoms with Crippen molar-refractivity contribution in [1.82, 2.24) is 24.3 Å². The Kier molecular flexibility index (Phi) is 4.90. The van der Waals surface area contributed by atoms with E-state index in [4.69, 9.17) is 4.42 Å². The number of fused-ring (bicyclic) bond motifs is 1. The van der Waals surface area contributed by atoms with Gasteiger partial charge in [0.15, 0.2) is 5.69 Å². The van der Waals surface area contributed by atoms with E-state index in [0.29, 0.717) is 24.2 Å². The van der Waals surface area contributed by atoms with Gasteiger partial charge in [-0.3, -0.25) is 4.68 Å². The van der Waals surface area contributed by atoms with Gasteiger partial charge in [-0.15, -0.1) is 10.2 Å². The molecule has 2 aromatic carbocycles. The van der Waals surface area contributed by atoms with Crippen LogP contribution in [-0.2, 0) is 30.0 Å². The summed E-state index contributed by atoms with van der Waals surface area (Å²) in [4.78, 5) is 0.256. The highest BCUT2D eigenvalue weighted by atomic mass is 32.2. The molecule has 0 fully saturated rings. The topological polar surface area (TPSA) is 94.1 Å². The second-order valence-electron chi connectivity index (χ2n) is 7.69. The van der Waals surface area contributed by atoms with Crippen LogP contribution < -0.4 is 0 Å². The summed E-state index contributed by atoms with van der Waals surface area (Å²) < 4.78 is 49.5. The summed E-state index contributed by atoms with van der Waals surface area (Å²) in [6.45, 7) is 2.33. The Hall–Kier alpha value is -3.37. The van der Waals surface area contributed by atoms with E-state index < -0.39 is 15.8 Å². The minimum atomic E-state index is -3.68. The largest absolute Gasteiger partial charge is 0.414 e. The fraction of sp³-hybridized carbons (Fsp3) is 0.227. The maximum Gasteiger partial charge on any atom is 0.268 e. The van der Waals surface area contributed by atoms with Crippen molar-refractivity contribution in [2.45, 2.75) is 24.8 Å². The Morgan fingerprint density at radius 3 is 2.62 bits per heavy atom. The van der Waals surface area contributed by atoms with E-state index in [1.54, 1.807) is 48.1 Å². The van der Waals surface area contributed by atoms with Crippen molar-refractivity contribution in [3.05, 3.63) is 71.2 Å². The summed E-state index contributed by atoms with van der Waals surface area (Å²) in [5.41, 5.74) is 3.08. The van der Waals surface area contributed by atoms with Crippen LogP contribution in [0.1, 0.15) is 16.8 Å². The zero-order chi connectivity index (χ0) is 22.5. The summed E-state index contributed by atoms with van der Waals surface area (Å²) in [6.07, 6.45) is 0.498. The lowest BCUT2D eigenvalue weighted by atomic mass is 10.1. The highest BCUT2D eigenvalue weighted by Gasteiger charge is 2.33. The molecule has 0 radical (unpaired) electrons. The molecule has 0 saturated heterocycles. The number of hydrogen-bond acceptors (Lipinski definition) is 6. The maximum absolute atomic E-state index is 14.1. The maximum atomic E-state index is 14.1. The van der Waals surface area contributed by atoms with E-state index in [1.165, 1.54) is 10.4 Å². The minimum absolute atomic E-state index is 0.0394. The van der Waals surface area contributed by atoms with Gasteiger partial charge >= 0.3 is 0 Å². The molecule has 0 saturated carbocycles. The average Bonchev–Trinajstić information content (AvgIpc) is 3.39. The summed E-state index contributed by atoms with van der Waals surface area (Å²) in [5, 5.41) is 12.5. The smallest absolute Gasteiger partial charge is 0.268 e. The Labute approximate surface area is 184 Å². The molecule has 8 nitrogen and oxygen atoms in total. The molecule has 0 spiro atoms. The van der Waals surface area contributed by atoms with Crippen LogP contribution in [0.4, 0.5) is 4.39 Å². The van der Waals surface area contributed by atoms with Crippen LogP contribution in [0.5, 0.6) is 0 Å². The Morgan fingerprint density at radius 2 is 1.84 bits per heavy atom. The molecule has 3 heterocycles. The third-order valence-corrected chi connectivity index (χ3v) is 7.41. The molecule has 0 bridgehead atoms. The molecule has 1 aliphatic rings. The SMILES string of the molecule is Cc1cccc(S(=O)(=O)N2CCc3c(c(-c4nnc(-c5ccccc5F)o4)nn3C)C2)c1. The van der Waals surface area contributed by atoms with Crippen molar-refractivity contribution in [2.24, 2.45) is 7.05 Å². The van der Waals surface area contributed by atoms with Crippen LogP contribution in [0.15, 0.2) is 57.8 Å². The summed E-state index contributed by atoms with van der Waals surface area (Å²) in [6, 6.07) is 13.0. The molecule has 5 rings (SSSR count). The molecule has 1 aliphatic heterocycles. The molecule has 32 heavy (non-hydrogen) atoms. The third kappa shape index (κ3) is 3.41. The minimum Gasteiger partial charge on any atom is -0.414 e. The fourth-order valence-corrected chi connectivity index (χ4v) is 5.45. The first-order valence-corrected chi connectivity index (χ1v) is 11.5. The molecule has 0 N–H and O–H groups in total. The average molecular weight is 453 g/mol. The van der Waals surface area contributed by atoms with Gasteiger partial charge in [0, 0.05) is 37.8 Å². The van der Waals surface area contributed by atoms with E-state index in [-0.39, 0.29) is 28.8 Å². The van der Waals surface area contributed by atoms with Gasteiger partial charge in [-0.1, -0.05) is 24.3 Å². The first-order chi connectivity index (χ1) is 15.3. The Bertz CT molecular complexity index is 1430. The van der Waals surface area contributed by atoms with Gasteiger partial charge in [0.2, 0.25) is 10.0 Å². The monoisotopic (exact) mass is 453 g/mol. The molecule has 0 amide bonds. The van der Waals surface area contributed by atoms with Crippen LogP contribution in [0.3, 0.4) is 0 Å². The van der Waals surface area contributed by atoms with Gasteiger partial charge in [0.25, 0.3) is 11.8 Å². The van der Waals surface area contributed by atoms with E-state index in [2.05, 4.69) is 15.3 Å². The number of aryl methyl sites for hydroxylation is 2. The molecule has 4 aromatic rings. The van der Waals surface area contributed by atoms with E-state index in [9.17, 15) is 12.8 Å². The second-order valence-corrected chi connectivity index (χ2v) is 9.63. The van der Waals surface area contributed by atoms with Crippen LogP contribution >= 0.6 is 0 Å². The molecule has 2 aromatic heterocycles. The van der Waals surface area contributed by atoms with Crippen LogP contribution in [-0.4, -0.2) is 39.2 Å². The number of rotatable bonds is 4. The van der Waals surface area contributed by atoms with Gasteiger partial charge < -0.3 is 4.42 Å². The number of aromatic nitrogens is 4. The van der Waals surface area contributed by atoms with Gasteiger partial charge in [0.05, 0.1) is 10.5 Å². The second kappa shape index (κ2) is 7.64. The lowest BCUT2D eigenvalue weighted by Gasteiger charge is -2.26. The first-order valence-electron chi connectivity index (χ1n) is 10.0. The van der Waals surface area contributed by atoms with Crippen molar-refractivity contribution in [1.29, 1.82) is 0 Å². The molecule has 164 valence electrons. The Balaban J connectivity index is 1.51. The van der Waals surface area contributed by atoms with Crippen molar-refractivity contribution in [3.63, 3.8) is 0 Å². The van der Waals surface area contributed by atoms with Crippen LogP contribution in [0.25, 0.3) is 23.0 Å². The number of halogens is 1. The first kappa shape index (κ1) is 20.5. The number of benzene rings is 2. The van der Waals surface area contributed by atoms with Gasteiger partial charge in [-0.2, -0.15) is 9.40 Å². The lowest BCUT2D eigenvalue weighted by Crippen LogP contribution is -2.36. The molecular formula is C22H20FN5O3S. The zero-order valence-corrected chi connectivity index (χ0v) is 18.3. The van der Waals surface area contributed by atoms with Crippen molar-refractivity contribution < 1.29 is 17.2 Å². The van der Waals surface area contributed by atoms with Crippen molar-refractivity contribution in [2.75, 3.05) is 6.54 Å². The van der Waals surface area contributed by atoms with E-state index in [1.807, 2.05) is 13.0 Å². The zero-order valence-electron chi connectivity index (χ0n) is 17.5. The summed E-state index contributed by atoms with van der Waals surface area (Å²) >= 11 is 0. The summed E-state index contributed by atoms with van der Waals surface area (Å²) in [5.74, 6) is -0.311. The predicted molar refractivity (Wildman–Crippen MR) is 114 cm³/mol. The standard InChI is InChI=1S/C22H20FN5O3S/c1-14-6-5-7-15(12-14)32(29,30)28-11-10-19-17(13-28)20(26-27(19)2)22-25-24-21(31-22)16-8-3-4-9-18(16)23/h3-9,12H,10-11,13H2,1-2H3. The quantitative estimate of drug-likeness (QED) is 0.471. The van der Waals surface area contributed by atoms with Crippen LogP contribution in [0.2, 0.25) is 0 Å². The van der Waals surface area contributed by atoms with E-state index in [0.717, 1.165) is 11.3 Å². The molecule has 0 aliphatic carbocycles. The Morgan fingerprint density at radius 1 is 1.06 bits per heavy atom. The third-order valence-electron chi connectivity index (χ3n) is 5.57. The molecular weight excluding hydrogens is 433 g/mol. The van der Waals surface area contributed by atoms with Gasteiger partial charge in [-0.25, -0.2) is 12.8 Å². The fourth-order valence-electron chi connectivity index (χ4n) is 3.93. The highest BCUT2D eigenvalue weighted by Crippen LogP contribution is 2.33. The van der Waals surface area contributed by atoms with Gasteiger partial charge in [-0.05, 0) is 36.8 Å². The van der Waals surface area contributed by atoms with Crippen molar-refractivity contribution >= 4 is 10.0 Å². The number of nitrogens with zero attached hydrogens (tertiary/aromatic N) is 5. The normalized spacial score (nSPS) is 14.5. The van der Waals surface area contributed by atoms with E-state index >= 15 is 0 Å². The van der Waals surface area contributed by atoms with Crippen molar-refractivity contribution in [3.8, 4) is 23.0 Å². The highest BCUT2D eigenvalue weighted by molar-refractivity contribution is 7.89. The van der Waals surface area contributed by atoms with Crippen LogP contribution in [0, 0.1) is 12.7 Å². The number of hydrogen-bond donors (Lipinski definition) is 0. The van der Waals surface area contributed by atoms with Gasteiger partial charge in [0.1, 0.15) is 5.82 Å². The lowest BCUT2D eigenvalue weighted by molar-refractivity contribution is 0.386. The predicted octanol–water partition coefficient (Wildman–Crippen LogP) is 3.33. The molecule has 0 unspecified atom stereocenters. The molecule has 0 atom stereocenters. The number of sulfonamides is 1. The summed E-state index contributed by atoms with van der Waals surface area (Å²) in [7, 11) is -1.89.